The lowest BCUT2D eigenvalue weighted by molar-refractivity contribution is -0.108. The summed E-state index contributed by atoms with van der Waals surface area (Å²) in [7, 11) is 0. The van der Waals surface area contributed by atoms with Crippen molar-refractivity contribution in [2.75, 3.05) is 29.1 Å². The first-order chi connectivity index (χ1) is 12.2. The van der Waals surface area contributed by atoms with Gasteiger partial charge in [-0.05, 0) is 18.4 Å². The Balaban J connectivity index is 1.95. The lowest BCUT2D eigenvalue weighted by Gasteiger charge is -2.40. The summed E-state index contributed by atoms with van der Waals surface area (Å²) in [5.41, 5.74) is 1.28. The van der Waals surface area contributed by atoms with Gasteiger partial charge in [-0.1, -0.05) is 41.0 Å². The molecular formula is C16H13Cl2N5OS. The topological polar surface area (TPSA) is 61.7 Å². The third-order valence-electron chi connectivity index (χ3n) is 4.15. The number of thioether (sulfide) groups is 1. The molecule has 0 spiro atoms. The minimum atomic E-state index is -0.642. The van der Waals surface area contributed by atoms with Crippen LogP contribution in [0.1, 0.15) is 11.6 Å². The van der Waals surface area contributed by atoms with Crippen molar-refractivity contribution in [3.05, 3.63) is 40.0 Å². The standard InChI is InChI=1S/C16H13Cl2N5OS/c1-25-15-20-7-9-12(8-24)23(13-10(17)3-2-4-11(13)18)16-19-5-6-22(16)14(9)21-15/h2-4,7-8,12H,5-6H2,1H3. The van der Waals surface area contributed by atoms with E-state index < -0.39 is 6.04 Å². The lowest BCUT2D eigenvalue weighted by Crippen LogP contribution is -2.50. The van der Waals surface area contributed by atoms with Crippen molar-refractivity contribution in [2.24, 2.45) is 4.99 Å². The Morgan fingerprint density at radius 2 is 2.08 bits per heavy atom. The first-order valence-corrected chi connectivity index (χ1v) is 9.55. The summed E-state index contributed by atoms with van der Waals surface area (Å²) in [4.78, 5) is 29.3. The molecule has 2 aliphatic rings. The highest BCUT2D eigenvalue weighted by atomic mass is 35.5. The third-order valence-corrected chi connectivity index (χ3v) is 5.32. The van der Waals surface area contributed by atoms with Gasteiger partial charge in [-0.2, -0.15) is 0 Å². The van der Waals surface area contributed by atoms with E-state index in [1.54, 1.807) is 29.3 Å². The van der Waals surface area contributed by atoms with E-state index in [0.717, 1.165) is 6.29 Å². The number of benzene rings is 1. The number of aliphatic imine (C=N–C) groups is 1. The second kappa shape index (κ2) is 6.48. The molecule has 25 heavy (non-hydrogen) atoms. The van der Waals surface area contributed by atoms with E-state index in [0.29, 0.717) is 51.3 Å². The minimum absolute atomic E-state index is 0.457. The van der Waals surface area contributed by atoms with Gasteiger partial charge < -0.3 is 4.79 Å². The normalized spacial score (nSPS) is 18.7. The molecule has 2 aromatic rings. The first-order valence-electron chi connectivity index (χ1n) is 7.57. The predicted octanol–water partition coefficient (Wildman–Crippen LogP) is 3.44. The van der Waals surface area contributed by atoms with Gasteiger partial charge >= 0.3 is 0 Å². The minimum Gasteiger partial charge on any atom is -0.301 e. The Morgan fingerprint density at radius 3 is 2.76 bits per heavy atom. The van der Waals surface area contributed by atoms with Crippen molar-refractivity contribution < 1.29 is 4.79 Å². The smallest absolute Gasteiger partial charge is 0.208 e. The Kier molecular flexibility index (Phi) is 4.31. The average Bonchev–Trinajstić information content (AvgIpc) is 3.11. The van der Waals surface area contributed by atoms with Crippen LogP contribution in [0.25, 0.3) is 0 Å². The van der Waals surface area contributed by atoms with E-state index in [9.17, 15) is 4.79 Å². The summed E-state index contributed by atoms with van der Waals surface area (Å²) in [6.07, 6.45) is 4.45. The zero-order valence-corrected chi connectivity index (χ0v) is 15.5. The third kappa shape index (κ3) is 2.58. The van der Waals surface area contributed by atoms with E-state index in [1.807, 2.05) is 11.2 Å². The predicted molar refractivity (Wildman–Crippen MR) is 101 cm³/mol. The van der Waals surface area contributed by atoms with Crippen molar-refractivity contribution in [1.82, 2.24) is 9.97 Å². The van der Waals surface area contributed by atoms with Gasteiger partial charge in [-0.3, -0.25) is 14.8 Å². The Labute approximate surface area is 158 Å². The van der Waals surface area contributed by atoms with E-state index >= 15 is 0 Å². The number of carbonyl (C=O) groups excluding carboxylic acids is 1. The molecule has 6 nitrogen and oxygen atoms in total. The van der Waals surface area contributed by atoms with Gasteiger partial charge in [0, 0.05) is 18.3 Å². The number of hydrogen-bond donors (Lipinski definition) is 0. The first kappa shape index (κ1) is 16.6. The van der Waals surface area contributed by atoms with Crippen molar-refractivity contribution in [2.45, 2.75) is 11.2 Å². The fourth-order valence-electron chi connectivity index (χ4n) is 3.09. The number of para-hydroxylation sites is 1. The number of anilines is 2. The molecule has 0 saturated heterocycles. The summed E-state index contributed by atoms with van der Waals surface area (Å²) in [5.74, 6) is 1.34. The van der Waals surface area contributed by atoms with Crippen molar-refractivity contribution in [3.8, 4) is 0 Å². The summed E-state index contributed by atoms with van der Waals surface area (Å²) in [6, 6.07) is 4.61. The monoisotopic (exact) mass is 393 g/mol. The van der Waals surface area contributed by atoms with Gasteiger partial charge in [-0.25, -0.2) is 9.97 Å². The van der Waals surface area contributed by atoms with Crippen LogP contribution < -0.4 is 9.80 Å². The molecule has 0 radical (unpaired) electrons. The molecule has 128 valence electrons. The van der Waals surface area contributed by atoms with Crippen LogP contribution in [0.3, 0.4) is 0 Å². The van der Waals surface area contributed by atoms with E-state index in [1.165, 1.54) is 11.8 Å². The molecule has 1 aromatic heterocycles. The van der Waals surface area contributed by atoms with Gasteiger partial charge in [0.2, 0.25) is 5.96 Å². The van der Waals surface area contributed by atoms with Crippen LogP contribution in [0.4, 0.5) is 11.5 Å². The van der Waals surface area contributed by atoms with E-state index in [4.69, 9.17) is 23.2 Å². The van der Waals surface area contributed by atoms with E-state index in [2.05, 4.69) is 15.0 Å². The fourth-order valence-corrected chi connectivity index (χ4v) is 4.00. The number of aromatic nitrogens is 2. The van der Waals surface area contributed by atoms with Gasteiger partial charge in [0.05, 0.1) is 22.3 Å². The highest BCUT2D eigenvalue weighted by Crippen LogP contribution is 2.44. The van der Waals surface area contributed by atoms with Crippen LogP contribution in [0.5, 0.6) is 0 Å². The number of aldehydes is 1. The summed E-state index contributed by atoms with van der Waals surface area (Å²) in [5, 5.41) is 1.57. The molecule has 1 aromatic carbocycles. The number of guanidine groups is 1. The molecule has 4 rings (SSSR count). The van der Waals surface area contributed by atoms with Gasteiger partial charge in [-0.15, -0.1) is 0 Å². The van der Waals surface area contributed by atoms with Crippen molar-refractivity contribution >= 4 is 58.7 Å². The highest BCUT2D eigenvalue weighted by molar-refractivity contribution is 7.98. The largest absolute Gasteiger partial charge is 0.301 e. The quantitative estimate of drug-likeness (QED) is 0.452. The molecule has 0 fully saturated rings. The molecule has 2 aliphatic heterocycles. The zero-order chi connectivity index (χ0) is 17.6. The Bertz CT molecular complexity index is 871. The molecule has 3 heterocycles. The van der Waals surface area contributed by atoms with Crippen LogP contribution in [0.15, 0.2) is 34.5 Å². The molecule has 0 saturated carbocycles. The highest BCUT2D eigenvalue weighted by Gasteiger charge is 2.41. The van der Waals surface area contributed by atoms with Crippen LogP contribution >= 0.6 is 35.0 Å². The number of fused-ring (bicyclic) bond motifs is 3. The molecule has 1 atom stereocenters. The molecule has 1 unspecified atom stereocenters. The number of halogens is 2. The maximum absolute atomic E-state index is 12.0. The molecule has 0 N–H and O–H groups in total. The summed E-state index contributed by atoms with van der Waals surface area (Å²) >= 11 is 14.3. The fraction of sp³-hybridized carbons (Fsp3) is 0.250. The number of carbonyl (C=O) groups is 1. The van der Waals surface area contributed by atoms with Crippen LogP contribution in [-0.4, -0.2) is 41.6 Å². The second-order valence-electron chi connectivity index (χ2n) is 5.49. The molecule has 9 heteroatoms. The molecule has 0 bridgehead atoms. The van der Waals surface area contributed by atoms with Crippen molar-refractivity contribution in [3.63, 3.8) is 0 Å². The number of hydrogen-bond acceptors (Lipinski definition) is 7. The maximum atomic E-state index is 12.0. The summed E-state index contributed by atoms with van der Waals surface area (Å²) in [6.45, 7) is 1.29. The van der Waals surface area contributed by atoms with Crippen molar-refractivity contribution in [1.29, 1.82) is 0 Å². The van der Waals surface area contributed by atoms with Crippen LogP contribution in [0, 0.1) is 0 Å². The average molecular weight is 394 g/mol. The maximum Gasteiger partial charge on any atom is 0.208 e. The Morgan fingerprint density at radius 1 is 1.32 bits per heavy atom. The van der Waals surface area contributed by atoms with Gasteiger partial charge in [0.15, 0.2) is 5.16 Å². The summed E-state index contributed by atoms with van der Waals surface area (Å²) < 4.78 is 0. The number of rotatable bonds is 3. The lowest BCUT2D eigenvalue weighted by atomic mass is 10.0. The number of nitrogens with zero attached hydrogens (tertiary/aromatic N) is 5. The van der Waals surface area contributed by atoms with E-state index in [-0.39, 0.29) is 0 Å². The van der Waals surface area contributed by atoms with Crippen LogP contribution in [0.2, 0.25) is 10.0 Å². The molecule has 0 aliphatic carbocycles. The Hall–Kier alpha value is -1.83. The zero-order valence-electron chi connectivity index (χ0n) is 13.2. The van der Waals surface area contributed by atoms with Gasteiger partial charge in [0.1, 0.15) is 18.1 Å². The van der Waals surface area contributed by atoms with Crippen LogP contribution in [-0.2, 0) is 4.79 Å². The SMILES string of the molecule is CSc1ncc2c(n1)N1CCN=C1N(c1c(Cl)cccc1Cl)C2C=O. The molecular weight excluding hydrogens is 381 g/mol. The molecule has 0 amide bonds. The second-order valence-corrected chi connectivity index (χ2v) is 7.08. The van der Waals surface area contributed by atoms with Gasteiger partial charge in [0.25, 0.3) is 0 Å².